The highest BCUT2D eigenvalue weighted by atomic mass is 32.2. The molecule has 154 valence electrons. The van der Waals surface area contributed by atoms with Crippen molar-refractivity contribution in [1.29, 1.82) is 0 Å². The second kappa shape index (κ2) is 8.64. The molecule has 0 atom stereocenters. The lowest BCUT2D eigenvalue weighted by Gasteiger charge is -2.08. The van der Waals surface area contributed by atoms with Crippen LogP contribution in [0.1, 0.15) is 5.56 Å². The molecule has 1 aromatic heterocycles. The second-order valence-corrected chi connectivity index (χ2v) is 7.85. The average Bonchev–Trinajstić information content (AvgIpc) is 3.22. The van der Waals surface area contributed by atoms with Crippen LogP contribution in [-0.2, 0) is 14.8 Å². The molecule has 0 aliphatic carbocycles. The van der Waals surface area contributed by atoms with Crippen molar-refractivity contribution in [3.63, 3.8) is 0 Å². The van der Waals surface area contributed by atoms with Crippen LogP contribution in [0.2, 0.25) is 0 Å². The van der Waals surface area contributed by atoms with Crippen LogP contribution >= 0.6 is 0 Å². The number of ether oxygens (including phenoxy) is 1. The molecule has 0 radical (unpaired) electrons. The van der Waals surface area contributed by atoms with E-state index in [1.54, 1.807) is 24.3 Å². The SMILES string of the molecule is O=C(/C=C/c1ccn(S(=O)(=O)c2ccc(-c3cccc(OC(=O)O)c3)cc2)c1)NO. The van der Waals surface area contributed by atoms with Gasteiger partial charge in [-0.15, -0.1) is 0 Å². The van der Waals surface area contributed by atoms with Crippen molar-refractivity contribution in [2.45, 2.75) is 4.90 Å². The number of amides is 1. The summed E-state index contributed by atoms with van der Waals surface area (Å²) in [6, 6.07) is 14.0. The van der Waals surface area contributed by atoms with Gasteiger partial charge in [0.25, 0.3) is 15.9 Å². The van der Waals surface area contributed by atoms with Gasteiger partial charge in [-0.3, -0.25) is 10.0 Å². The molecule has 0 saturated carbocycles. The summed E-state index contributed by atoms with van der Waals surface area (Å²) >= 11 is 0. The number of benzene rings is 2. The molecule has 0 fully saturated rings. The lowest BCUT2D eigenvalue weighted by Crippen LogP contribution is -2.14. The van der Waals surface area contributed by atoms with Gasteiger partial charge in [-0.05, 0) is 53.1 Å². The fourth-order valence-corrected chi connectivity index (χ4v) is 3.84. The Balaban J connectivity index is 1.84. The summed E-state index contributed by atoms with van der Waals surface area (Å²) in [5, 5.41) is 17.2. The molecule has 0 aliphatic heterocycles. The number of rotatable bonds is 6. The lowest BCUT2D eigenvalue weighted by atomic mass is 10.1. The zero-order chi connectivity index (χ0) is 21.7. The Morgan fingerprint density at radius 3 is 2.43 bits per heavy atom. The molecule has 0 bridgehead atoms. The first-order valence-corrected chi connectivity index (χ1v) is 9.90. The van der Waals surface area contributed by atoms with E-state index in [2.05, 4.69) is 4.74 Å². The number of nitrogens with one attached hydrogen (secondary N) is 1. The third kappa shape index (κ3) is 4.74. The van der Waals surface area contributed by atoms with Crippen molar-refractivity contribution < 1.29 is 33.1 Å². The molecule has 0 saturated heterocycles. The maximum atomic E-state index is 12.8. The van der Waals surface area contributed by atoms with Crippen molar-refractivity contribution in [3.05, 3.63) is 78.6 Å². The minimum Gasteiger partial charge on any atom is -0.449 e. The van der Waals surface area contributed by atoms with Crippen molar-refractivity contribution in [3.8, 4) is 16.9 Å². The summed E-state index contributed by atoms with van der Waals surface area (Å²) < 4.78 is 31.2. The number of hydrogen-bond acceptors (Lipinski definition) is 6. The van der Waals surface area contributed by atoms with Gasteiger partial charge in [0.15, 0.2) is 0 Å². The summed E-state index contributed by atoms with van der Waals surface area (Å²) in [5.74, 6) is -0.585. The summed E-state index contributed by atoms with van der Waals surface area (Å²) in [5.41, 5.74) is 3.23. The molecule has 2 aromatic carbocycles. The molecule has 3 aromatic rings. The van der Waals surface area contributed by atoms with Crippen LogP contribution in [0.3, 0.4) is 0 Å². The van der Waals surface area contributed by atoms with E-state index in [4.69, 9.17) is 10.3 Å². The van der Waals surface area contributed by atoms with E-state index in [0.717, 1.165) is 10.0 Å². The van der Waals surface area contributed by atoms with Crippen LogP contribution in [0.25, 0.3) is 17.2 Å². The van der Waals surface area contributed by atoms with Gasteiger partial charge in [0.1, 0.15) is 5.75 Å². The van der Waals surface area contributed by atoms with Crippen LogP contribution in [0.15, 0.2) is 78.0 Å². The maximum Gasteiger partial charge on any atom is 0.511 e. The zero-order valence-electron chi connectivity index (χ0n) is 15.3. The molecule has 0 spiro atoms. The summed E-state index contributed by atoms with van der Waals surface area (Å²) in [7, 11) is -3.85. The predicted octanol–water partition coefficient (Wildman–Crippen LogP) is 2.97. The molecule has 3 rings (SSSR count). The molecule has 9 nitrogen and oxygen atoms in total. The molecule has 0 unspecified atom stereocenters. The molecule has 1 amide bonds. The Morgan fingerprint density at radius 1 is 1.03 bits per heavy atom. The Hall–Kier alpha value is -3.89. The van der Waals surface area contributed by atoms with Gasteiger partial charge < -0.3 is 9.84 Å². The summed E-state index contributed by atoms with van der Waals surface area (Å²) in [4.78, 5) is 21.7. The maximum absolute atomic E-state index is 12.8. The highest BCUT2D eigenvalue weighted by Gasteiger charge is 2.16. The second-order valence-electron chi connectivity index (χ2n) is 6.01. The lowest BCUT2D eigenvalue weighted by molar-refractivity contribution is -0.124. The quantitative estimate of drug-likeness (QED) is 0.181. The van der Waals surface area contributed by atoms with Crippen LogP contribution in [0.4, 0.5) is 4.79 Å². The minimum absolute atomic E-state index is 0.0448. The van der Waals surface area contributed by atoms with Crippen LogP contribution < -0.4 is 10.2 Å². The third-order valence-electron chi connectivity index (χ3n) is 4.03. The molecule has 0 aliphatic rings. The molecule has 1 heterocycles. The number of nitrogens with zero attached hydrogens (tertiary/aromatic N) is 1. The standard InChI is InChI=1S/C20H16N2O7S/c23-19(21-26)9-4-14-10-11-22(13-14)30(27,28)18-7-5-15(6-8-18)16-2-1-3-17(12-16)29-20(24)25/h1-13,26H,(H,21,23)(H,24,25)/b9-4+. The number of carboxylic acid groups (broad SMARTS) is 1. The average molecular weight is 428 g/mol. The zero-order valence-corrected chi connectivity index (χ0v) is 16.1. The minimum atomic E-state index is -3.85. The van der Waals surface area contributed by atoms with E-state index < -0.39 is 22.1 Å². The van der Waals surface area contributed by atoms with Crippen LogP contribution in [0, 0.1) is 0 Å². The number of hydrogen-bond donors (Lipinski definition) is 3. The van der Waals surface area contributed by atoms with E-state index in [9.17, 15) is 18.0 Å². The Bertz CT molecular complexity index is 1210. The van der Waals surface area contributed by atoms with Crippen LogP contribution in [-0.4, -0.2) is 34.8 Å². The number of aromatic nitrogens is 1. The molecule has 30 heavy (non-hydrogen) atoms. The number of carbonyl (C=O) groups excluding carboxylic acids is 1. The van der Waals surface area contributed by atoms with Gasteiger partial charge in [0, 0.05) is 18.5 Å². The first-order chi connectivity index (χ1) is 14.3. The third-order valence-corrected chi connectivity index (χ3v) is 5.68. The highest BCUT2D eigenvalue weighted by molar-refractivity contribution is 7.90. The van der Waals surface area contributed by atoms with Gasteiger partial charge in [0.05, 0.1) is 4.90 Å². The van der Waals surface area contributed by atoms with Crippen molar-refractivity contribution in [2.75, 3.05) is 0 Å². The number of hydroxylamine groups is 1. The van der Waals surface area contributed by atoms with Crippen molar-refractivity contribution >= 4 is 28.2 Å². The highest BCUT2D eigenvalue weighted by Crippen LogP contribution is 2.26. The van der Waals surface area contributed by atoms with E-state index in [1.165, 1.54) is 54.3 Å². The van der Waals surface area contributed by atoms with Gasteiger partial charge in [-0.1, -0.05) is 24.3 Å². The van der Waals surface area contributed by atoms with Gasteiger partial charge in [0.2, 0.25) is 0 Å². The fraction of sp³-hybridized carbons (Fsp3) is 0. The van der Waals surface area contributed by atoms with Crippen molar-refractivity contribution in [1.82, 2.24) is 9.45 Å². The normalized spacial score (nSPS) is 11.4. The number of carbonyl (C=O) groups is 2. The van der Waals surface area contributed by atoms with E-state index >= 15 is 0 Å². The molecule has 3 N–H and O–H groups in total. The van der Waals surface area contributed by atoms with Gasteiger partial charge >= 0.3 is 6.16 Å². The Labute approximate surface area is 171 Å². The Morgan fingerprint density at radius 2 is 1.77 bits per heavy atom. The summed E-state index contributed by atoms with van der Waals surface area (Å²) in [6.07, 6.45) is 3.66. The summed E-state index contributed by atoms with van der Waals surface area (Å²) in [6.45, 7) is 0. The predicted molar refractivity (Wildman–Crippen MR) is 107 cm³/mol. The fourth-order valence-electron chi connectivity index (χ4n) is 2.63. The van der Waals surface area contributed by atoms with E-state index in [-0.39, 0.29) is 10.6 Å². The van der Waals surface area contributed by atoms with E-state index in [0.29, 0.717) is 16.7 Å². The monoisotopic (exact) mass is 428 g/mol. The first-order valence-electron chi connectivity index (χ1n) is 8.46. The molecular weight excluding hydrogens is 412 g/mol. The smallest absolute Gasteiger partial charge is 0.449 e. The molecular formula is C20H16N2O7S. The topological polar surface area (TPSA) is 135 Å². The Kier molecular flexibility index (Phi) is 6.00. The largest absolute Gasteiger partial charge is 0.511 e. The van der Waals surface area contributed by atoms with Gasteiger partial charge in [-0.2, -0.15) is 0 Å². The van der Waals surface area contributed by atoms with Crippen LogP contribution in [0.5, 0.6) is 5.75 Å². The van der Waals surface area contributed by atoms with Crippen molar-refractivity contribution in [2.24, 2.45) is 0 Å². The van der Waals surface area contributed by atoms with E-state index in [1.807, 2.05) is 0 Å². The first kappa shape index (κ1) is 20.8. The van der Waals surface area contributed by atoms with Gasteiger partial charge in [-0.25, -0.2) is 22.7 Å². The molecule has 10 heteroatoms.